The predicted octanol–water partition coefficient (Wildman–Crippen LogP) is 4.13. The van der Waals surface area contributed by atoms with Crippen molar-refractivity contribution in [2.45, 2.75) is 83.3 Å². The van der Waals surface area contributed by atoms with Gasteiger partial charge in [-0.3, -0.25) is 0 Å². The maximum atomic E-state index is 13.7. The van der Waals surface area contributed by atoms with Crippen molar-refractivity contribution in [1.29, 1.82) is 0 Å². The van der Waals surface area contributed by atoms with Crippen molar-refractivity contribution in [2.24, 2.45) is 5.41 Å². The van der Waals surface area contributed by atoms with Gasteiger partial charge in [0.1, 0.15) is 5.82 Å². The topological polar surface area (TPSA) is 67.2 Å². The zero-order valence-corrected chi connectivity index (χ0v) is 18.4. The van der Waals surface area contributed by atoms with E-state index in [9.17, 15) is 21.6 Å². The highest BCUT2D eigenvalue weighted by Crippen LogP contribution is 2.44. The molecule has 0 spiro atoms. The van der Waals surface area contributed by atoms with Crippen molar-refractivity contribution in [3.63, 3.8) is 0 Å². The summed E-state index contributed by atoms with van der Waals surface area (Å²) in [6.07, 6.45) is -3.33. The van der Waals surface area contributed by atoms with Crippen LogP contribution < -0.4 is 5.32 Å². The molecule has 2 aliphatic heterocycles. The van der Waals surface area contributed by atoms with Gasteiger partial charge in [0.15, 0.2) is 6.04 Å². The number of alkyl halides is 3. The Labute approximate surface area is 170 Å². The lowest BCUT2D eigenvalue weighted by atomic mass is 9.82. The average molecular weight is 437 g/mol. The Hall–Kier alpha value is -1.29. The molecule has 0 amide bonds. The number of hydrogen-bond acceptors (Lipinski definition) is 4. The summed E-state index contributed by atoms with van der Waals surface area (Å²) < 4.78 is 68.4. The van der Waals surface area contributed by atoms with E-state index in [0.717, 1.165) is 4.68 Å². The molecule has 2 atom stereocenters. The van der Waals surface area contributed by atoms with Gasteiger partial charge in [0.25, 0.3) is 0 Å². The van der Waals surface area contributed by atoms with Crippen molar-refractivity contribution in [3.05, 3.63) is 11.8 Å². The van der Waals surface area contributed by atoms with Crippen LogP contribution in [0.5, 0.6) is 0 Å². The number of aromatic nitrogens is 2. The minimum atomic E-state index is -4.38. The van der Waals surface area contributed by atoms with Gasteiger partial charge >= 0.3 is 6.18 Å². The van der Waals surface area contributed by atoms with E-state index in [1.165, 1.54) is 4.31 Å². The summed E-state index contributed by atoms with van der Waals surface area (Å²) in [7, 11) is -3.31. The van der Waals surface area contributed by atoms with E-state index >= 15 is 0 Å². The number of fused-ring (bicyclic) bond motifs is 1. The number of hydrogen-bond donors (Lipinski definition) is 1. The number of nitrogens with zero attached hydrogens (tertiary/aromatic N) is 3. The summed E-state index contributed by atoms with van der Waals surface area (Å²) in [5.41, 5.74) is 0.285. The third-order valence-corrected chi connectivity index (χ3v) is 8.36. The quantitative estimate of drug-likeness (QED) is 0.774. The molecule has 1 fully saturated rings. The van der Waals surface area contributed by atoms with Crippen LogP contribution in [-0.2, 0) is 10.0 Å². The highest BCUT2D eigenvalue weighted by molar-refractivity contribution is 7.89. The largest absolute Gasteiger partial charge is 0.410 e. The SMILES string of the molecule is CC(C)S(=O)(=O)N1CCC(c2cc3n(n2)[C@@H](C(F)(F)F)C[C@@H](C(C)(C)C)N3)CC1. The Morgan fingerprint density at radius 1 is 1.17 bits per heavy atom. The number of sulfonamides is 1. The number of piperidine rings is 1. The molecule has 1 N–H and O–H groups in total. The Kier molecular flexibility index (Phi) is 5.75. The lowest BCUT2D eigenvalue weighted by molar-refractivity contribution is -0.175. The van der Waals surface area contributed by atoms with Crippen LogP contribution >= 0.6 is 0 Å². The maximum absolute atomic E-state index is 13.7. The van der Waals surface area contributed by atoms with E-state index in [-0.39, 0.29) is 23.8 Å². The molecule has 3 heterocycles. The Balaban J connectivity index is 1.82. The lowest BCUT2D eigenvalue weighted by Crippen LogP contribution is -2.44. The molecule has 2 aliphatic rings. The summed E-state index contributed by atoms with van der Waals surface area (Å²) in [4.78, 5) is 0. The van der Waals surface area contributed by atoms with Crippen molar-refractivity contribution in [2.75, 3.05) is 18.4 Å². The molecular formula is C19H31F3N4O2S. The Morgan fingerprint density at radius 2 is 1.76 bits per heavy atom. The first-order valence-electron chi connectivity index (χ1n) is 10.1. The molecule has 1 aromatic rings. The van der Waals surface area contributed by atoms with Crippen LogP contribution in [-0.4, -0.2) is 53.1 Å². The van der Waals surface area contributed by atoms with Crippen molar-refractivity contribution >= 4 is 15.8 Å². The van der Waals surface area contributed by atoms with E-state index in [4.69, 9.17) is 0 Å². The lowest BCUT2D eigenvalue weighted by Gasteiger charge is -2.39. The molecule has 29 heavy (non-hydrogen) atoms. The molecule has 10 heteroatoms. The Morgan fingerprint density at radius 3 is 2.24 bits per heavy atom. The van der Waals surface area contributed by atoms with Gasteiger partial charge in [-0.05, 0) is 38.5 Å². The van der Waals surface area contributed by atoms with Gasteiger partial charge in [-0.25, -0.2) is 17.4 Å². The fourth-order valence-corrected chi connectivity index (χ4v) is 5.38. The molecule has 1 saturated heterocycles. The van der Waals surface area contributed by atoms with Crippen LogP contribution in [0, 0.1) is 5.41 Å². The zero-order valence-electron chi connectivity index (χ0n) is 17.6. The zero-order chi connectivity index (χ0) is 21.8. The van der Waals surface area contributed by atoms with Crippen molar-refractivity contribution in [3.8, 4) is 0 Å². The second-order valence-electron chi connectivity index (χ2n) is 9.52. The van der Waals surface area contributed by atoms with E-state index in [2.05, 4.69) is 10.4 Å². The third kappa shape index (κ3) is 4.42. The molecule has 0 aromatic carbocycles. The van der Waals surface area contributed by atoms with Crippen LogP contribution in [0.3, 0.4) is 0 Å². The normalized spacial score (nSPS) is 25.1. The van der Waals surface area contributed by atoms with Gasteiger partial charge in [0.05, 0.1) is 10.9 Å². The highest BCUT2D eigenvalue weighted by atomic mass is 32.2. The van der Waals surface area contributed by atoms with Crippen LogP contribution in [0.1, 0.15) is 71.5 Å². The highest BCUT2D eigenvalue weighted by Gasteiger charge is 2.48. The summed E-state index contributed by atoms with van der Waals surface area (Å²) in [5, 5.41) is 7.09. The monoisotopic (exact) mass is 436 g/mol. The molecular weight excluding hydrogens is 405 g/mol. The summed E-state index contributed by atoms with van der Waals surface area (Å²) >= 11 is 0. The van der Waals surface area contributed by atoms with Gasteiger partial charge in [0, 0.05) is 31.1 Å². The number of halogens is 3. The first-order valence-corrected chi connectivity index (χ1v) is 11.6. The smallest absolute Gasteiger partial charge is 0.367 e. The van der Waals surface area contributed by atoms with Gasteiger partial charge in [-0.2, -0.15) is 18.3 Å². The predicted molar refractivity (Wildman–Crippen MR) is 106 cm³/mol. The minimum absolute atomic E-state index is 0.0458. The molecule has 0 aliphatic carbocycles. The molecule has 0 unspecified atom stereocenters. The maximum Gasteiger partial charge on any atom is 0.410 e. The average Bonchev–Trinajstić information content (AvgIpc) is 3.03. The first kappa shape index (κ1) is 22.4. The van der Waals surface area contributed by atoms with Crippen LogP contribution in [0.4, 0.5) is 19.0 Å². The fourth-order valence-electron chi connectivity index (χ4n) is 4.07. The molecule has 0 saturated carbocycles. The van der Waals surface area contributed by atoms with Crippen molar-refractivity contribution < 1.29 is 21.6 Å². The first-order chi connectivity index (χ1) is 13.2. The Bertz CT molecular complexity index is 835. The molecule has 6 nitrogen and oxygen atoms in total. The second kappa shape index (κ2) is 7.44. The molecule has 0 bridgehead atoms. The van der Waals surface area contributed by atoms with Gasteiger partial charge < -0.3 is 5.32 Å². The standard InChI is InChI=1S/C19H31F3N4O2S/c1-12(2)29(27,28)25-8-6-13(7-9-25)14-10-17-23-15(18(3,4)5)11-16(19(20,21)22)26(17)24-14/h10,12-13,15-16,23H,6-9,11H2,1-5H3/t15-,16+/m0/s1. The number of nitrogens with one attached hydrogen (secondary N) is 1. The number of rotatable bonds is 3. The molecule has 1 aromatic heterocycles. The minimum Gasteiger partial charge on any atom is -0.367 e. The van der Waals surface area contributed by atoms with Gasteiger partial charge in [-0.1, -0.05) is 20.8 Å². The third-order valence-electron chi connectivity index (χ3n) is 6.08. The van der Waals surface area contributed by atoms with Gasteiger partial charge in [-0.15, -0.1) is 0 Å². The van der Waals surface area contributed by atoms with E-state index in [0.29, 0.717) is 37.4 Å². The summed E-state index contributed by atoms with van der Waals surface area (Å²) in [6, 6.07) is -0.254. The fraction of sp³-hybridized carbons (Fsp3) is 0.842. The molecule has 0 radical (unpaired) electrons. The summed E-state index contributed by atoms with van der Waals surface area (Å²) in [5.74, 6) is 0.348. The van der Waals surface area contributed by atoms with Crippen LogP contribution in [0.25, 0.3) is 0 Å². The van der Waals surface area contributed by atoms with E-state index in [1.807, 2.05) is 20.8 Å². The van der Waals surface area contributed by atoms with E-state index < -0.39 is 27.5 Å². The van der Waals surface area contributed by atoms with E-state index in [1.54, 1.807) is 19.9 Å². The molecule has 166 valence electrons. The second-order valence-corrected chi connectivity index (χ2v) is 12.0. The number of anilines is 1. The van der Waals surface area contributed by atoms with Crippen LogP contribution in [0.15, 0.2) is 6.07 Å². The summed E-state index contributed by atoms with van der Waals surface area (Å²) in [6.45, 7) is 9.82. The van der Waals surface area contributed by atoms with Crippen molar-refractivity contribution in [1.82, 2.24) is 14.1 Å². The van der Waals surface area contributed by atoms with Crippen LogP contribution in [0.2, 0.25) is 0 Å². The molecule has 3 rings (SSSR count). The van der Waals surface area contributed by atoms with Gasteiger partial charge in [0.2, 0.25) is 10.0 Å².